The molecule has 1 amide bonds. The fourth-order valence-electron chi connectivity index (χ4n) is 1.92. The molecule has 5 nitrogen and oxygen atoms in total. The zero-order valence-electron chi connectivity index (χ0n) is 10.7. The SMILES string of the molecule is CCC(NC(=O)Cc1ccon1)c1ccccc1O. The second-order valence-electron chi connectivity index (χ2n) is 4.25. The molecule has 2 aromatic rings. The lowest BCUT2D eigenvalue weighted by atomic mass is 10.0. The zero-order chi connectivity index (χ0) is 13.7. The fourth-order valence-corrected chi connectivity index (χ4v) is 1.92. The minimum atomic E-state index is -0.208. The number of nitrogens with one attached hydrogen (secondary N) is 1. The van der Waals surface area contributed by atoms with Gasteiger partial charge < -0.3 is 14.9 Å². The van der Waals surface area contributed by atoms with E-state index in [2.05, 4.69) is 15.0 Å². The van der Waals surface area contributed by atoms with E-state index < -0.39 is 0 Å². The first-order valence-corrected chi connectivity index (χ1v) is 6.17. The van der Waals surface area contributed by atoms with Crippen molar-refractivity contribution in [3.63, 3.8) is 0 Å². The fraction of sp³-hybridized carbons (Fsp3) is 0.286. The first-order chi connectivity index (χ1) is 9.20. The molecule has 100 valence electrons. The smallest absolute Gasteiger partial charge is 0.226 e. The first kappa shape index (κ1) is 13.1. The van der Waals surface area contributed by atoms with Gasteiger partial charge in [-0.05, 0) is 12.5 Å². The van der Waals surface area contributed by atoms with Gasteiger partial charge in [-0.15, -0.1) is 0 Å². The van der Waals surface area contributed by atoms with Crippen molar-refractivity contribution in [1.82, 2.24) is 10.5 Å². The van der Waals surface area contributed by atoms with Crippen LogP contribution in [0.3, 0.4) is 0 Å². The lowest BCUT2D eigenvalue weighted by Crippen LogP contribution is -2.29. The van der Waals surface area contributed by atoms with Crippen molar-refractivity contribution in [2.45, 2.75) is 25.8 Å². The van der Waals surface area contributed by atoms with Gasteiger partial charge in [0.2, 0.25) is 5.91 Å². The quantitative estimate of drug-likeness (QED) is 0.864. The number of aromatic hydroxyl groups is 1. The maximum atomic E-state index is 11.9. The van der Waals surface area contributed by atoms with Crippen LogP contribution >= 0.6 is 0 Å². The van der Waals surface area contributed by atoms with Gasteiger partial charge in [-0.2, -0.15) is 0 Å². The molecular weight excluding hydrogens is 244 g/mol. The molecule has 0 saturated heterocycles. The van der Waals surface area contributed by atoms with Gasteiger partial charge >= 0.3 is 0 Å². The van der Waals surface area contributed by atoms with Crippen LogP contribution in [0.4, 0.5) is 0 Å². The second kappa shape index (κ2) is 6.04. The van der Waals surface area contributed by atoms with Crippen molar-refractivity contribution >= 4 is 5.91 Å². The third kappa shape index (κ3) is 3.34. The molecule has 1 unspecified atom stereocenters. The van der Waals surface area contributed by atoms with Crippen LogP contribution in [-0.4, -0.2) is 16.2 Å². The van der Waals surface area contributed by atoms with Crippen LogP contribution in [0.1, 0.15) is 30.6 Å². The monoisotopic (exact) mass is 260 g/mol. The maximum Gasteiger partial charge on any atom is 0.226 e. The third-order valence-electron chi connectivity index (χ3n) is 2.89. The Bertz CT molecular complexity index is 537. The van der Waals surface area contributed by atoms with Gasteiger partial charge in [-0.25, -0.2) is 0 Å². The molecule has 1 atom stereocenters. The summed E-state index contributed by atoms with van der Waals surface area (Å²) >= 11 is 0. The molecular formula is C14H16N2O3. The van der Waals surface area contributed by atoms with Crippen molar-refractivity contribution < 1.29 is 14.4 Å². The lowest BCUT2D eigenvalue weighted by molar-refractivity contribution is -0.121. The average Bonchev–Trinajstić information content (AvgIpc) is 2.89. The number of nitrogens with zero attached hydrogens (tertiary/aromatic N) is 1. The standard InChI is InChI=1S/C14H16N2O3/c1-2-12(11-5-3-4-6-13(11)17)15-14(18)9-10-7-8-19-16-10/h3-8,12,17H,2,9H2,1H3,(H,15,18). The number of carbonyl (C=O) groups excluding carboxylic acids is 1. The predicted molar refractivity (Wildman–Crippen MR) is 69.5 cm³/mol. The summed E-state index contributed by atoms with van der Waals surface area (Å²) in [5.74, 6) is 0.0417. The Labute approximate surface area is 111 Å². The van der Waals surface area contributed by atoms with Crippen LogP contribution in [0.2, 0.25) is 0 Å². The van der Waals surface area contributed by atoms with Crippen LogP contribution in [0, 0.1) is 0 Å². The molecule has 0 aliphatic carbocycles. The Balaban J connectivity index is 2.03. The number of benzene rings is 1. The Morgan fingerprint density at radius 1 is 1.42 bits per heavy atom. The minimum absolute atomic E-state index is 0.149. The summed E-state index contributed by atoms with van der Waals surface area (Å²) < 4.78 is 4.68. The van der Waals surface area contributed by atoms with Crippen molar-refractivity contribution in [2.24, 2.45) is 0 Å². The molecule has 0 bridgehead atoms. The summed E-state index contributed by atoms with van der Waals surface area (Å²) in [6.07, 6.45) is 2.30. The Kier molecular flexibility index (Phi) is 4.18. The first-order valence-electron chi connectivity index (χ1n) is 6.17. The highest BCUT2D eigenvalue weighted by atomic mass is 16.5. The van der Waals surface area contributed by atoms with E-state index in [-0.39, 0.29) is 24.1 Å². The number of hydrogen-bond donors (Lipinski definition) is 2. The number of amides is 1. The van der Waals surface area contributed by atoms with Crippen LogP contribution in [0.15, 0.2) is 41.1 Å². The molecule has 19 heavy (non-hydrogen) atoms. The van der Waals surface area contributed by atoms with Gasteiger partial charge in [0.15, 0.2) is 0 Å². The predicted octanol–water partition coefficient (Wildman–Crippen LogP) is 2.19. The molecule has 0 spiro atoms. The Morgan fingerprint density at radius 3 is 2.84 bits per heavy atom. The highest BCUT2D eigenvalue weighted by Gasteiger charge is 2.16. The van der Waals surface area contributed by atoms with E-state index in [9.17, 15) is 9.90 Å². The third-order valence-corrected chi connectivity index (χ3v) is 2.89. The Morgan fingerprint density at radius 2 is 2.21 bits per heavy atom. The number of carbonyl (C=O) groups is 1. The number of phenols is 1. The van der Waals surface area contributed by atoms with Gasteiger partial charge in [0.1, 0.15) is 12.0 Å². The van der Waals surface area contributed by atoms with E-state index in [1.807, 2.05) is 13.0 Å². The number of aromatic nitrogens is 1. The molecule has 0 fully saturated rings. The molecule has 1 heterocycles. The van der Waals surface area contributed by atoms with Gasteiger partial charge in [-0.3, -0.25) is 4.79 Å². The van der Waals surface area contributed by atoms with Crippen molar-refractivity contribution in [1.29, 1.82) is 0 Å². The minimum Gasteiger partial charge on any atom is -0.508 e. The topological polar surface area (TPSA) is 75.4 Å². The summed E-state index contributed by atoms with van der Waals surface area (Å²) in [5, 5.41) is 16.4. The van der Waals surface area contributed by atoms with E-state index in [0.717, 1.165) is 5.56 Å². The number of hydrogen-bond acceptors (Lipinski definition) is 4. The molecule has 0 aliphatic rings. The van der Waals surface area contributed by atoms with Gasteiger partial charge in [0.05, 0.1) is 18.2 Å². The zero-order valence-corrected chi connectivity index (χ0v) is 10.7. The highest BCUT2D eigenvalue weighted by Crippen LogP contribution is 2.25. The average molecular weight is 260 g/mol. The summed E-state index contributed by atoms with van der Waals surface area (Å²) in [6, 6.07) is 8.45. The van der Waals surface area contributed by atoms with Gasteiger partial charge in [0.25, 0.3) is 0 Å². The Hall–Kier alpha value is -2.30. The summed E-state index contributed by atoms with van der Waals surface area (Å²) in [5.41, 5.74) is 1.31. The molecule has 5 heteroatoms. The lowest BCUT2D eigenvalue weighted by Gasteiger charge is -2.18. The van der Waals surface area contributed by atoms with Crippen molar-refractivity contribution in [3.05, 3.63) is 47.9 Å². The highest BCUT2D eigenvalue weighted by molar-refractivity contribution is 5.78. The molecule has 1 aromatic heterocycles. The summed E-state index contributed by atoms with van der Waals surface area (Å²) in [4.78, 5) is 11.9. The van der Waals surface area contributed by atoms with Gasteiger partial charge in [-0.1, -0.05) is 30.3 Å². The van der Waals surface area contributed by atoms with E-state index >= 15 is 0 Å². The van der Waals surface area contributed by atoms with Crippen molar-refractivity contribution in [3.8, 4) is 5.75 Å². The van der Waals surface area contributed by atoms with Crippen LogP contribution in [0.5, 0.6) is 5.75 Å². The normalized spacial score (nSPS) is 12.1. The largest absolute Gasteiger partial charge is 0.508 e. The molecule has 0 radical (unpaired) electrons. The number of para-hydroxylation sites is 1. The van der Waals surface area contributed by atoms with E-state index in [0.29, 0.717) is 12.1 Å². The van der Waals surface area contributed by atoms with Gasteiger partial charge in [0, 0.05) is 11.6 Å². The van der Waals surface area contributed by atoms with E-state index in [1.165, 1.54) is 6.26 Å². The summed E-state index contributed by atoms with van der Waals surface area (Å²) in [7, 11) is 0. The molecule has 1 aromatic carbocycles. The van der Waals surface area contributed by atoms with E-state index in [1.54, 1.807) is 24.3 Å². The molecule has 2 N–H and O–H groups in total. The summed E-state index contributed by atoms with van der Waals surface area (Å²) in [6.45, 7) is 1.95. The van der Waals surface area contributed by atoms with Crippen LogP contribution in [0.25, 0.3) is 0 Å². The molecule has 2 rings (SSSR count). The van der Waals surface area contributed by atoms with Crippen molar-refractivity contribution in [2.75, 3.05) is 0 Å². The molecule has 0 saturated carbocycles. The van der Waals surface area contributed by atoms with E-state index in [4.69, 9.17) is 0 Å². The number of rotatable bonds is 5. The maximum absolute atomic E-state index is 11.9. The van der Waals surface area contributed by atoms with Crippen LogP contribution in [-0.2, 0) is 11.2 Å². The molecule has 0 aliphatic heterocycles. The second-order valence-corrected chi connectivity index (χ2v) is 4.25. The van der Waals surface area contributed by atoms with Crippen LogP contribution < -0.4 is 5.32 Å². The number of phenolic OH excluding ortho intramolecular Hbond substituents is 1.